The second kappa shape index (κ2) is 5.65. The second-order valence-corrected chi connectivity index (χ2v) is 5.69. The summed E-state index contributed by atoms with van der Waals surface area (Å²) in [5.74, 6) is 4.54. The highest BCUT2D eigenvalue weighted by Gasteiger charge is 2.20. The van der Waals surface area contributed by atoms with Crippen LogP contribution in [-0.2, 0) is 12.8 Å². The summed E-state index contributed by atoms with van der Waals surface area (Å²) in [6.45, 7) is 0. The van der Waals surface area contributed by atoms with Crippen molar-refractivity contribution in [2.24, 2.45) is 5.84 Å². The molecule has 3 rings (SSSR count). The van der Waals surface area contributed by atoms with Gasteiger partial charge in [-0.15, -0.1) is 0 Å². The van der Waals surface area contributed by atoms with Crippen LogP contribution in [0.4, 0.5) is 14.6 Å². The van der Waals surface area contributed by atoms with Crippen LogP contribution in [0.2, 0.25) is 0 Å². The number of anilines is 1. The number of nitrogens with two attached hydrogens (primary N) is 1. The Labute approximate surface area is 128 Å². The van der Waals surface area contributed by atoms with Crippen LogP contribution in [0.25, 0.3) is 11.4 Å². The van der Waals surface area contributed by atoms with Crippen LogP contribution in [0.1, 0.15) is 24.1 Å². The fraction of sp³-hybridized carbons (Fsp3) is 0.286. The summed E-state index contributed by atoms with van der Waals surface area (Å²) in [7, 11) is 0. The average molecular weight is 355 g/mol. The summed E-state index contributed by atoms with van der Waals surface area (Å²) in [5.41, 5.74) is 4.90. The maximum Gasteiger partial charge on any atom is 0.173 e. The molecular weight excluding hydrogens is 342 g/mol. The molecule has 4 nitrogen and oxygen atoms in total. The van der Waals surface area contributed by atoms with Crippen molar-refractivity contribution in [2.45, 2.75) is 25.7 Å². The van der Waals surface area contributed by atoms with E-state index in [0.29, 0.717) is 17.2 Å². The Bertz CT molecular complexity index is 689. The molecule has 0 atom stereocenters. The zero-order valence-electron chi connectivity index (χ0n) is 11.1. The number of hydrazine groups is 1. The minimum absolute atomic E-state index is 0.0150. The molecule has 1 aliphatic carbocycles. The van der Waals surface area contributed by atoms with Gasteiger partial charge in [-0.2, -0.15) is 0 Å². The van der Waals surface area contributed by atoms with Crippen LogP contribution in [0, 0.1) is 11.6 Å². The van der Waals surface area contributed by atoms with Gasteiger partial charge in [-0.1, -0.05) is 0 Å². The van der Waals surface area contributed by atoms with Gasteiger partial charge in [0.1, 0.15) is 5.82 Å². The van der Waals surface area contributed by atoms with Crippen molar-refractivity contribution in [3.05, 3.63) is 39.5 Å². The number of benzene rings is 1. The van der Waals surface area contributed by atoms with Crippen LogP contribution in [0.15, 0.2) is 16.6 Å². The highest BCUT2D eigenvalue weighted by molar-refractivity contribution is 9.10. The molecule has 0 saturated heterocycles. The van der Waals surface area contributed by atoms with E-state index in [4.69, 9.17) is 5.84 Å². The SMILES string of the molecule is NNc1nc(-c2ccc(F)c(F)c2Br)nc2c1CCCC2. The summed E-state index contributed by atoms with van der Waals surface area (Å²) >= 11 is 3.06. The van der Waals surface area contributed by atoms with Crippen molar-refractivity contribution in [3.63, 3.8) is 0 Å². The average Bonchev–Trinajstić information content (AvgIpc) is 2.51. The highest BCUT2D eigenvalue weighted by atomic mass is 79.9. The van der Waals surface area contributed by atoms with E-state index in [2.05, 4.69) is 31.3 Å². The topological polar surface area (TPSA) is 63.8 Å². The lowest BCUT2D eigenvalue weighted by molar-refractivity contribution is 0.504. The summed E-state index contributed by atoms with van der Waals surface area (Å²) in [6.07, 6.45) is 3.82. The third-order valence-electron chi connectivity index (χ3n) is 3.60. The van der Waals surface area contributed by atoms with Crippen molar-refractivity contribution in [3.8, 4) is 11.4 Å². The van der Waals surface area contributed by atoms with Crippen molar-refractivity contribution in [1.29, 1.82) is 0 Å². The predicted molar refractivity (Wildman–Crippen MR) is 79.5 cm³/mol. The quantitative estimate of drug-likeness (QED) is 0.493. The molecule has 110 valence electrons. The lowest BCUT2D eigenvalue weighted by Crippen LogP contribution is -2.17. The summed E-state index contributed by atoms with van der Waals surface area (Å²) in [5, 5.41) is 0. The number of fused-ring (bicyclic) bond motifs is 1. The van der Waals surface area contributed by atoms with Crippen molar-refractivity contribution in [2.75, 3.05) is 5.43 Å². The lowest BCUT2D eigenvalue weighted by Gasteiger charge is -2.19. The van der Waals surface area contributed by atoms with Crippen LogP contribution >= 0.6 is 15.9 Å². The Balaban J connectivity index is 2.17. The fourth-order valence-electron chi connectivity index (χ4n) is 2.53. The van der Waals surface area contributed by atoms with E-state index in [0.717, 1.165) is 43.0 Å². The van der Waals surface area contributed by atoms with E-state index in [1.165, 1.54) is 6.07 Å². The van der Waals surface area contributed by atoms with Crippen molar-refractivity contribution in [1.82, 2.24) is 9.97 Å². The molecule has 0 aliphatic heterocycles. The second-order valence-electron chi connectivity index (χ2n) is 4.90. The minimum Gasteiger partial charge on any atom is -0.308 e. The molecule has 3 N–H and O–H groups in total. The third-order valence-corrected chi connectivity index (χ3v) is 4.37. The van der Waals surface area contributed by atoms with Gasteiger partial charge in [0.2, 0.25) is 0 Å². The van der Waals surface area contributed by atoms with E-state index in [9.17, 15) is 8.78 Å². The van der Waals surface area contributed by atoms with E-state index in [1.54, 1.807) is 0 Å². The standard InChI is InChI=1S/C14H13BrF2N4/c15-11-8(5-6-9(16)12(11)17)13-19-10-4-2-1-3-7(10)14(20-13)21-18/h5-6H,1-4,18H2,(H,19,20,21). The number of aryl methyl sites for hydroxylation is 1. The molecule has 0 fully saturated rings. The van der Waals surface area contributed by atoms with Gasteiger partial charge in [0.25, 0.3) is 0 Å². The van der Waals surface area contributed by atoms with Crippen LogP contribution < -0.4 is 11.3 Å². The Hall–Kier alpha value is -1.60. The van der Waals surface area contributed by atoms with E-state index in [1.807, 2.05) is 0 Å². The number of nitrogen functional groups attached to an aromatic ring is 1. The first kappa shape index (κ1) is 14.3. The molecule has 1 aliphatic rings. The number of halogens is 3. The summed E-state index contributed by atoms with van der Waals surface area (Å²) < 4.78 is 26.9. The first-order chi connectivity index (χ1) is 10.1. The van der Waals surface area contributed by atoms with Gasteiger partial charge in [-0.05, 0) is 53.7 Å². The molecule has 7 heteroatoms. The number of hydrogen-bond acceptors (Lipinski definition) is 4. The first-order valence-electron chi connectivity index (χ1n) is 6.62. The van der Waals surface area contributed by atoms with Crippen LogP contribution in [-0.4, -0.2) is 9.97 Å². The molecule has 0 saturated carbocycles. The van der Waals surface area contributed by atoms with Gasteiger partial charge in [0.05, 0.1) is 4.47 Å². The Morgan fingerprint density at radius 2 is 1.90 bits per heavy atom. The molecule has 0 spiro atoms. The summed E-state index contributed by atoms with van der Waals surface area (Å²) in [4.78, 5) is 8.84. The maximum absolute atomic E-state index is 13.7. The Kier molecular flexibility index (Phi) is 3.86. The van der Waals surface area contributed by atoms with Crippen LogP contribution in [0.5, 0.6) is 0 Å². The van der Waals surface area contributed by atoms with E-state index in [-0.39, 0.29) is 4.47 Å². The van der Waals surface area contributed by atoms with E-state index >= 15 is 0 Å². The monoisotopic (exact) mass is 354 g/mol. The molecule has 0 unspecified atom stereocenters. The largest absolute Gasteiger partial charge is 0.308 e. The molecule has 1 aromatic carbocycles. The summed E-state index contributed by atoms with van der Waals surface area (Å²) in [6, 6.07) is 2.52. The highest BCUT2D eigenvalue weighted by Crippen LogP contribution is 2.33. The number of hydrogen-bond donors (Lipinski definition) is 2. The Morgan fingerprint density at radius 1 is 1.14 bits per heavy atom. The van der Waals surface area contributed by atoms with Crippen molar-refractivity contribution < 1.29 is 8.78 Å². The molecule has 2 aromatic rings. The van der Waals surface area contributed by atoms with Gasteiger partial charge in [0.15, 0.2) is 17.5 Å². The molecule has 0 radical (unpaired) electrons. The van der Waals surface area contributed by atoms with Gasteiger partial charge >= 0.3 is 0 Å². The van der Waals surface area contributed by atoms with Crippen LogP contribution in [0.3, 0.4) is 0 Å². The molecule has 1 heterocycles. The number of nitrogens with one attached hydrogen (secondary N) is 1. The molecular formula is C14H13BrF2N4. The van der Waals surface area contributed by atoms with Gasteiger partial charge in [-0.25, -0.2) is 24.6 Å². The number of nitrogens with zero attached hydrogens (tertiary/aromatic N) is 2. The molecule has 0 bridgehead atoms. The van der Waals surface area contributed by atoms with E-state index < -0.39 is 11.6 Å². The van der Waals surface area contributed by atoms with Crippen molar-refractivity contribution >= 4 is 21.7 Å². The van der Waals surface area contributed by atoms with Gasteiger partial charge in [0, 0.05) is 16.8 Å². The zero-order chi connectivity index (χ0) is 15.0. The predicted octanol–water partition coefficient (Wildman–Crippen LogP) is 3.35. The fourth-order valence-corrected chi connectivity index (χ4v) is 3.03. The number of rotatable bonds is 2. The van der Waals surface area contributed by atoms with Gasteiger partial charge < -0.3 is 5.43 Å². The first-order valence-corrected chi connectivity index (χ1v) is 7.41. The lowest BCUT2D eigenvalue weighted by atomic mass is 9.96. The normalized spacial score (nSPS) is 13.9. The molecule has 0 amide bonds. The molecule has 1 aromatic heterocycles. The maximum atomic E-state index is 13.7. The Morgan fingerprint density at radius 3 is 2.67 bits per heavy atom. The smallest absolute Gasteiger partial charge is 0.173 e. The third kappa shape index (κ3) is 2.51. The number of aromatic nitrogens is 2. The van der Waals surface area contributed by atoms with Gasteiger partial charge in [-0.3, -0.25) is 0 Å². The minimum atomic E-state index is -0.948. The zero-order valence-corrected chi connectivity index (χ0v) is 12.7. The molecule has 21 heavy (non-hydrogen) atoms.